The Morgan fingerprint density at radius 2 is 2.20 bits per heavy atom. The van der Waals surface area contributed by atoms with Gasteiger partial charge in [-0.05, 0) is 13.8 Å². The molecular weight excluding hydrogens is 278 g/mol. The zero-order valence-electron chi connectivity index (χ0n) is 12.0. The number of carbonyl (C=O) groups excluding carboxylic acids is 2. The molecule has 108 valence electrons. The maximum absolute atomic E-state index is 11.8. The van der Waals surface area contributed by atoms with Gasteiger partial charge in [0.1, 0.15) is 4.88 Å². The standard InChI is InChI=1S/C13H17N3O3S/c1-5-19-12(18)10-11(9(3)17)20-13(15-10)16(4)7-8(2)6-14/h8H,5,7H2,1-4H3. The van der Waals surface area contributed by atoms with Crippen LogP contribution in [0.25, 0.3) is 0 Å². The molecule has 1 aromatic rings. The van der Waals surface area contributed by atoms with Crippen LogP contribution in [0.15, 0.2) is 0 Å². The van der Waals surface area contributed by atoms with E-state index in [1.165, 1.54) is 6.92 Å². The summed E-state index contributed by atoms with van der Waals surface area (Å²) in [5, 5.41) is 9.34. The van der Waals surface area contributed by atoms with Gasteiger partial charge in [0.15, 0.2) is 16.6 Å². The first kappa shape index (κ1) is 16.1. The Morgan fingerprint density at radius 3 is 2.70 bits per heavy atom. The Hall–Kier alpha value is -1.94. The largest absolute Gasteiger partial charge is 0.461 e. The highest BCUT2D eigenvalue weighted by Crippen LogP contribution is 2.27. The lowest BCUT2D eigenvalue weighted by molar-refractivity contribution is 0.0517. The van der Waals surface area contributed by atoms with E-state index in [0.29, 0.717) is 11.7 Å². The maximum Gasteiger partial charge on any atom is 0.358 e. The molecule has 0 fully saturated rings. The Kier molecular flexibility index (Phi) is 5.65. The number of ketones is 1. The summed E-state index contributed by atoms with van der Waals surface area (Å²) in [5.74, 6) is -0.990. The third kappa shape index (κ3) is 3.78. The fourth-order valence-corrected chi connectivity index (χ4v) is 2.50. The van der Waals surface area contributed by atoms with E-state index < -0.39 is 5.97 Å². The zero-order valence-corrected chi connectivity index (χ0v) is 12.8. The first-order valence-electron chi connectivity index (χ1n) is 6.20. The monoisotopic (exact) mass is 295 g/mol. The number of aromatic nitrogens is 1. The molecule has 0 spiro atoms. The first-order chi connectivity index (χ1) is 9.40. The molecule has 0 saturated heterocycles. The van der Waals surface area contributed by atoms with Crippen LogP contribution in [0.3, 0.4) is 0 Å². The summed E-state index contributed by atoms with van der Waals surface area (Å²) in [4.78, 5) is 29.6. The van der Waals surface area contributed by atoms with Gasteiger partial charge in [-0.3, -0.25) is 4.79 Å². The summed E-state index contributed by atoms with van der Waals surface area (Å²) in [6, 6.07) is 2.13. The van der Waals surface area contributed by atoms with Gasteiger partial charge in [-0.25, -0.2) is 9.78 Å². The number of esters is 1. The van der Waals surface area contributed by atoms with Crippen molar-refractivity contribution >= 4 is 28.2 Å². The minimum Gasteiger partial charge on any atom is -0.461 e. The maximum atomic E-state index is 11.8. The fourth-order valence-electron chi connectivity index (χ4n) is 1.58. The molecule has 1 unspecified atom stereocenters. The van der Waals surface area contributed by atoms with Crippen molar-refractivity contribution in [3.63, 3.8) is 0 Å². The molecule has 1 heterocycles. The number of nitriles is 1. The smallest absolute Gasteiger partial charge is 0.358 e. The lowest BCUT2D eigenvalue weighted by atomic mass is 10.2. The fraction of sp³-hybridized carbons (Fsp3) is 0.538. The quantitative estimate of drug-likeness (QED) is 0.590. The van der Waals surface area contributed by atoms with Crippen LogP contribution in [0.1, 0.15) is 40.9 Å². The van der Waals surface area contributed by atoms with Crippen LogP contribution in [0.2, 0.25) is 0 Å². The third-order valence-electron chi connectivity index (χ3n) is 2.50. The van der Waals surface area contributed by atoms with Crippen LogP contribution in [-0.2, 0) is 4.74 Å². The summed E-state index contributed by atoms with van der Waals surface area (Å²) < 4.78 is 4.90. The van der Waals surface area contributed by atoms with E-state index in [4.69, 9.17) is 10.00 Å². The molecule has 1 atom stereocenters. The molecule has 20 heavy (non-hydrogen) atoms. The first-order valence-corrected chi connectivity index (χ1v) is 7.02. The molecule has 0 amide bonds. The van der Waals surface area contributed by atoms with E-state index in [2.05, 4.69) is 11.1 Å². The van der Waals surface area contributed by atoms with Gasteiger partial charge in [-0.2, -0.15) is 5.26 Å². The number of rotatable bonds is 6. The Labute approximate surface area is 122 Å². The van der Waals surface area contributed by atoms with E-state index in [0.717, 1.165) is 11.3 Å². The van der Waals surface area contributed by atoms with Crippen molar-refractivity contribution < 1.29 is 14.3 Å². The summed E-state index contributed by atoms with van der Waals surface area (Å²) >= 11 is 1.14. The van der Waals surface area contributed by atoms with Crippen LogP contribution in [-0.4, -0.2) is 36.9 Å². The normalized spacial score (nSPS) is 11.6. The van der Waals surface area contributed by atoms with E-state index >= 15 is 0 Å². The van der Waals surface area contributed by atoms with Crippen molar-refractivity contribution in [1.29, 1.82) is 5.26 Å². The number of nitrogens with zero attached hydrogens (tertiary/aromatic N) is 3. The second kappa shape index (κ2) is 7.01. The van der Waals surface area contributed by atoms with Gasteiger partial charge in [0.25, 0.3) is 0 Å². The minimum atomic E-state index is -0.595. The van der Waals surface area contributed by atoms with E-state index in [1.807, 2.05) is 0 Å². The summed E-state index contributed by atoms with van der Waals surface area (Å²) in [5.41, 5.74) is 0.0517. The van der Waals surface area contributed by atoms with E-state index in [-0.39, 0.29) is 28.9 Å². The molecule has 7 heteroatoms. The average Bonchev–Trinajstić information content (AvgIpc) is 2.84. The second-order valence-corrected chi connectivity index (χ2v) is 5.34. The number of hydrogen-bond donors (Lipinski definition) is 0. The molecule has 0 aliphatic heterocycles. The van der Waals surface area contributed by atoms with Crippen molar-refractivity contribution in [3.05, 3.63) is 10.6 Å². The van der Waals surface area contributed by atoms with Gasteiger partial charge in [0.2, 0.25) is 0 Å². The van der Waals surface area contributed by atoms with Gasteiger partial charge >= 0.3 is 5.97 Å². The Bertz CT molecular complexity index is 548. The number of hydrogen-bond acceptors (Lipinski definition) is 7. The van der Waals surface area contributed by atoms with Crippen molar-refractivity contribution in [2.75, 3.05) is 25.1 Å². The number of ether oxygens (including phenoxy) is 1. The van der Waals surface area contributed by atoms with Crippen molar-refractivity contribution in [1.82, 2.24) is 4.98 Å². The van der Waals surface area contributed by atoms with Crippen LogP contribution in [0.4, 0.5) is 5.13 Å². The minimum absolute atomic E-state index is 0.0517. The lowest BCUT2D eigenvalue weighted by Gasteiger charge is -2.16. The van der Waals surface area contributed by atoms with Crippen LogP contribution in [0.5, 0.6) is 0 Å². The van der Waals surface area contributed by atoms with Gasteiger partial charge < -0.3 is 9.64 Å². The molecule has 1 aromatic heterocycles. The molecule has 0 aliphatic rings. The van der Waals surface area contributed by atoms with Crippen molar-refractivity contribution in [2.45, 2.75) is 20.8 Å². The van der Waals surface area contributed by atoms with E-state index in [1.54, 1.807) is 25.8 Å². The van der Waals surface area contributed by atoms with Gasteiger partial charge in [0.05, 0.1) is 18.6 Å². The number of Topliss-reactive ketones (excluding diaryl/α,β-unsaturated/α-hetero) is 1. The summed E-state index contributed by atoms with van der Waals surface area (Å²) in [6.07, 6.45) is 0. The third-order valence-corrected chi connectivity index (χ3v) is 3.77. The number of thiazole rings is 1. The highest BCUT2D eigenvalue weighted by atomic mass is 32.1. The predicted octanol–water partition coefficient (Wildman–Crippen LogP) is 2.12. The molecule has 0 radical (unpaired) electrons. The topological polar surface area (TPSA) is 83.3 Å². The number of anilines is 1. The highest BCUT2D eigenvalue weighted by molar-refractivity contribution is 7.17. The second-order valence-electron chi connectivity index (χ2n) is 4.36. The van der Waals surface area contributed by atoms with Gasteiger partial charge in [-0.15, -0.1) is 0 Å². The lowest BCUT2D eigenvalue weighted by Crippen LogP contribution is -2.23. The molecule has 0 aromatic carbocycles. The zero-order chi connectivity index (χ0) is 15.3. The highest BCUT2D eigenvalue weighted by Gasteiger charge is 2.24. The van der Waals surface area contributed by atoms with Gasteiger partial charge in [0, 0.05) is 20.5 Å². The molecule has 0 aliphatic carbocycles. The SMILES string of the molecule is CCOC(=O)c1nc(N(C)CC(C)C#N)sc1C(C)=O. The molecule has 0 saturated carbocycles. The van der Waals surface area contributed by atoms with Crippen LogP contribution in [0, 0.1) is 17.2 Å². The molecule has 0 N–H and O–H groups in total. The molecule has 1 rings (SSSR count). The van der Waals surface area contributed by atoms with Crippen LogP contribution < -0.4 is 4.90 Å². The van der Waals surface area contributed by atoms with Crippen molar-refractivity contribution in [3.8, 4) is 6.07 Å². The predicted molar refractivity (Wildman–Crippen MR) is 76.1 cm³/mol. The Balaban J connectivity index is 3.06. The molecule has 0 bridgehead atoms. The summed E-state index contributed by atoms with van der Waals surface area (Å²) in [6.45, 7) is 5.58. The summed E-state index contributed by atoms with van der Waals surface area (Å²) in [7, 11) is 1.77. The molecular formula is C13H17N3O3S. The van der Waals surface area contributed by atoms with Crippen molar-refractivity contribution in [2.24, 2.45) is 5.92 Å². The van der Waals surface area contributed by atoms with Crippen LogP contribution >= 0.6 is 11.3 Å². The molecule has 6 nitrogen and oxygen atoms in total. The number of carbonyl (C=O) groups is 2. The van der Waals surface area contributed by atoms with Gasteiger partial charge in [-0.1, -0.05) is 11.3 Å². The average molecular weight is 295 g/mol. The Morgan fingerprint density at radius 1 is 1.55 bits per heavy atom. The van der Waals surface area contributed by atoms with E-state index in [9.17, 15) is 9.59 Å².